The molecule has 166 valence electrons. The normalized spacial score (nSPS) is 11.5. The van der Waals surface area contributed by atoms with Crippen LogP contribution in [-0.4, -0.2) is 33.3 Å². The molecule has 0 aliphatic heterocycles. The maximum atomic E-state index is 12.9. The highest BCUT2D eigenvalue weighted by Crippen LogP contribution is 2.16. The molecule has 32 heavy (non-hydrogen) atoms. The van der Waals surface area contributed by atoms with E-state index in [4.69, 9.17) is 4.74 Å². The summed E-state index contributed by atoms with van der Waals surface area (Å²) in [6.45, 7) is 4.48. The van der Waals surface area contributed by atoms with Gasteiger partial charge < -0.3 is 15.4 Å². The lowest BCUT2D eigenvalue weighted by molar-refractivity contribution is -0.123. The number of esters is 1. The van der Waals surface area contributed by atoms with E-state index in [1.165, 1.54) is 30.7 Å². The second-order valence-electron chi connectivity index (χ2n) is 7.24. The third kappa shape index (κ3) is 4.77. The maximum Gasteiger partial charge on any atom is 0.338 e. The number of nitrogens with zero attached hydrogens (tertiary/aromatic N) is 2. The van der Waals surface area contributed by atoms with E-state index in [2.05, 4.69) is 10.6 Å². The Morgan fingerprint density at radius 1 is 1.00 bits per heavy atom. The number of amides is 2. The standard InChI is InChI=1S/C23H24N4O5/c1-14-20(22(30)27(26(14)4)19-11-6-5-7-12-19)25-21(29)15(2)32-23(31)17-9-8-10-18(13-17)24-16(3)28/h5-13,15H,1-4H3,(H,24,28)(H,25,29). The van der Waals surface area contributed by atoms with Crippen LogP contribution in [0.4, 0.5) is 11.4 Å². The molecule has 0 saturated heterocycles. The summed E-state index contributed by atoms with van der Waals surface area (Å²) in [6, 6.07) is 15.2. The quantitative estimate of drug-likeness (QED) is 0.577. The van der Waals surface area contributed by atoms with E-state index in [0.717, 1.165) is 0 Å². The lowest BCUT2D eigenvalue weighted by Gasteiger charge is -2.13. The highest BCUT2D eigenvalue weighted by molar-refractivity contribution is 5.98. The van der Waals surface area contributed by atoms with Crippen LogP contribution in [0.15, 0.2) is 59.4 Å². The zero-order chi connectivity index (χ0) is 23.4. The Kier molecular flexibility index (Phi) is 6.58. The van der Waals surface area contributed by atoms with E-state index >= 15 is 0 Å². The van der Waals surface area contributed by atoms with E-state index in [0.29, 0.717) is 17.1 Å². The summed E-state index contributed by atoms with van der Waals surface area (Å²) in [7, 11) is 1.71. The third-order valence-corrected chi connectivity index (χ3v) is 4.87. The molecule has 0 fully saturated rings. The van der Waals surface area contributed by atoms with Crippen molar-refractivity contribution in [1.29, 1.82) is 0 Å². The molecule has 9 heteroatoms. The molecule has 0 radical (unpaired) electrons. The van der Waals surface area contributed by atoms with Gasteiger partial charge in [-0.25, -0.2) is 9.48 Å². The van der Waals surface area contributed by atoms with Crippen molar-refractivity contribution in [3.8, 4) is 5.69 Å². The van der Waals surface area contributed by atoms with Crippen LogP contribution in [0.25, 0.3) is 5.69 Å². The molecule has 0 spiro atoms. The van der Waals surface area contributed by atoms with Crippen LogP contribution >= 0.6 is 0 Å². The summed E-state index contributed by atoms with van der Waals surface area (Å²) in [5.41, 5.74) is 1.53. The van der Waals surface area contributed by atoms with Crippen LogP contribution in [0.2, 0.25) is 0 Å². The van der Waals surface area contributed by atoms with Crippen molar-refractivity contribution in [2.24, 2.45) is 7.05 Å². The summed E-state index contributed by atoms with van der Waals surface area (Å²) in [6.07, 6.45) is -1.16. The van der Waals surface area contributed by atoms with Crippen LogP contribution in [0.5, 0.6) is 0 Å². The number of carbonyl (C=O) groups is 3. The Bertz CT molecular complexity index is 1230. The first-order valence-electron chi connectivity index (χ1n) is 9.92. The van der Waals surface area contributed by atoms with Gasteiger partial charge in [0.05, 0.1) is 16.9 Å². The number of rotatable bonds is 6. The van der Waals surface area contributed by atoms with Crippen molar-refractivity contribution in [2.45, 2.75) is 26.9 Å². The summed E-state index contributed by atoms with van der Waals surface area (Å²) in [5.74, 6) is -1.64. The topological polar surface area (TPSA) is 111 Å². The van der Waals surface area contributed by atoms with Crippen molar-refractivity contribution >= 4 is 29.2 Å². The van der Waals surface area contributed by atoms with Crippen molar-refractivity contribution < 1.29 is 19.1 Å². The number of hydrogen-bond acceptors (Lipinski definition) is 5. The third-order valence-electron chi connectivity index (χ3n) is 4.87. The van der Waals surface area contributed by atoms with Gasteiger partial charge in [0.25, 0.3) is 11.5 Å². The zero-order valence-corrected chi connectivity index (χ0v) is 18.2. The molecule has 0 aliphatic carbocycles. The summed E-state index contributed by atoms with van der Waals surface area (Å²) in [4.78, 5) is 49.2. The number of ether oxygens (including phenoxy) is 1. The first-order chi connectivity index (χ1) is 15.2. The van der Waals surface area contributed by atoms with Gasteiger partial charge in [0, 0.05) is 19.7 Å². The highest BCUT2D eigenvalue weighted by atomic mass is 16.5. The molecule has 1 heterocycles. The van der Waals surface area contributed by atoms with Crippen LogP contribution in [-0.2, 0) is 21.4 Å². The first kappa shape index (κ1) is 22.5. The number of hydrogen-bond donors (Lipinski definition) is 2. The SMILES string of the molecule is CC(=O)Nc1cccc(C(=O)OC(C)C(=O)Nc2c(C)n(C)n(-c3ccccc3)c2=O)c1. The van der Waals surface area contributed by atoms with Crippen molar-refractivity contribution in [2.75, 3.05) is 10.6 Å². The number of nitrogens with one attached hydrogen (secondary N) is 2. The van der Waals surface area contributed by atoms with Crippen LogP contribution < -0.4 is 16.2 Å². The van der Waals surface area contributed by atoms with E-state index in [1.54, 1.807) is 42.9 Å². The van der Waals surface area contributed by atoms with Gasteiger partial charge in [0.2, 0.25) is 5.91 Å². The van der Waals surface area contributed by atoms with Crippen molar-refractivity contribution in [1.82, 2.24) is 9.36 Å². The van der Waals surface area contributed by atoms with Gasteiger partial charge in [-0.15, -0.1) is 0 Å². The van der Waals surface area contributed by atoms with Gasteiger partial charge in [-0.2, -0.15) is 0 Å². The predicted molar refractivity (Wildman–Crippen MR) is 120 cm³/mol. The Morgan fingerprint density at radius 3 is 2.34 bits per heavy atom. The summed E-state index contributed by atoms with van der Waals surface area (Å²) in [5, 5.41) is 5.15. The lowest BCUT2D eigenvalue weighted by atomic mass is 10.2. The highest BCUT2D eigenvalue weighted by Gasteiger charge is 2.23. The maximum absolute atomic E-state index is 12.9. The van der Waals surface area contributed by atoms with Gasteiger partial charge in [0.1, 0.15) is 5.69 Å². The van der Waals surface area contributed by atoms with Gasteiger partial charge in [-0.1, -0.05) is 24.3 Å². The Balaban J connectivity index is 1.75. The molecule has 9 nitrogen and oxygen atoms in total. The number of benzene rings is 2. The number of carbonyl (C=O) groups excluding carboxylic acids is 3. The largest absolute Gasteiger partial charge is 0.449 e. The molecule has 1 atom stereocenters. The van der Waals surface area contributed by atoms with Crippen LogP contribution in [0.3, 0.4) is 0 Å². The molecule has 0 bridgehead atoms. The van der Waals surface area contributed by atoms with Gasteiger partial charge in [0.15, 0.2) is 6.10 Å². The van der Waals surface area contributed by atoms with Crippen molar-refractivity contribution in [3.05, 3.63) is 76.2 Å². The minimum absolute atomic E-state index is 0.108. The fourth-order valence-corrected chi connectivity index (χ4v) is 3.15. The molecule has 3 rings (SSSR count). The number of anilines is 2. The first-order valence-corrected chi connectivity index (χ1v) is 9.92. The second kappa shape index (κ2) is 9.34. The van der Waals surface area contributed by atoms with Crippen LogP contribution in [0, 0.1) is 6.92 Å². The minimum atomic E-state index is -1.16. The van der Waals surface area contributed by atoms with Crippen molar-refractivity contribution in [3.63, 3.8) is 0 Å². The molecule has 0 aliphatic rings. The average molecular weight is 436 g/mol. The molecule has 1 aromatic heterocycles. The molecular weight excluding hydrogens is 412 g/mol. The molecule has 1 unspecified atom stereocenters. The molecule has 0 saturated carbocycles. The second-order valence-corrected chi connectivity index (χ2v) is 7.24. The average Bonchev–Trinajstić information content (AvgIpc) is 2.97. The fourth-order valence-electron chi connectivity index (χ4n) is 3.15. The minimum Gasteiger partial charge on any atom is -0.449 e. The van der Waals surface area contributed by atoms with Gasteiger partial charge in [-0.3, -0.25) is 19.1 Å². The van der Waals surface area contributed by atoms with E-state index in [1.807, 2.05) is 18.2 Å². The van der Waals surface area contributed by atoms with Gasteiger partial charge in [-0.05, 0) is 44.2 Å². The predicted octanol–water partition coefficient (Wildman–Crippen LogP) is 2.63. The summed E-state index contributed by atoms with van der Waals surface area (Å²) >= 11 is 0. The van der Waals surface area contributed by atoms with E-state index in [9.17, 15) is 19.2 Å². The smallest absolute Gasteiger partial charge is 0.338 e. The lowest BCUT2D eigenvalue weighted by Crippen LogP contribution is -2.32. The zero-order valence-electron chi connectivity index (χ0n) is 18.2. The fraction of sp³-hybridized carbons (Fsp3) is 0.217. The van der Waals surface area contributed by atoms with Crippen LogP contribution in [0.1, 0.15) is 29.9 Å². The van der Waals surface area contributed by atoms with Gasteiger partial charge >= 0.3 is 5.97 Å². The number of para-hydroxylation sites is 1. The molecule has 2 aromatic carbocycles. The van der Waals surface area contributed by atoms with E-state index in [-0.39, 0.29) is 17.2 Å². The molecular formula is C23H24N4O5. The molecule has 3 aromatic rings. The Labute approximate surface area is 184 Å². The Hall–Kier alpha value is -4.14. The molecule has 2 N–H and O–H groups in total. The molecule has 2 amide bonds. The summed E-state index contributed by atoms with van der Waals surface area (Å²) < 4.78 is 8.33. The Morgan fingerprint density at radius 2 is 1.69 bits per heavy atom. The monoisotopic (exact) mass is 436 g/mol. The number of aromatic nitrogens is 2. The van der Waals surface area contributed by atoms with E-state index < -0.39 is 23.5 Å².